The number of hydrogen-bond acceptors (Lipinski definition) is 4. The molecule has 0 unspecified atom stereocenters. The minimum Gasteiger partial charge on any atom is -0.352 e. The van der Waals surface area contributed by atoms with Crippen molar-refractivity contribution in [1.29, 1.82) is 0 Å². The van der Waals surface area contributed by atoms with Crippen LogP contribution in [0.1, 0.15) is 44.9 Å². The fourth-order valence-electron chi connectivity index (χ4n) is 3.43. The maximum absolute atomic E-state index is 13.4. The molecule has 1 aliphatic heterocycles. The summed E-state index contributed by atoms with van der Waals surface area (Å²) in [6.07, 6.45) is 2.61. The van der Waals surface area contributed by atoms with Gasteiger partial charge in [-0.25, -0.2) is 13.9 Å². The third kappa shape index (κ3) is 4.73. The van der Waals surface area contributed by atoms with Crippen molar-refractivity contribution >= 4 is 18.0 Å². The molecule has 1 saturated heterocycles. The predicted octanol–water partition coefficient (Wildman–Crippen LogP) is 3.32. The number of fused-ring (bicyclic) bond motifs is 1. The van der Waals surface area contributed by atoms with Crippen molar-refractivity contribution in [2.75, 3.05) is 13.1 Å². The van der Waals surface area contributed by atoms with Crippen LogP contribution >= 0.6 is 0 Å². The smallest absolute Gasteiger partial charge is 0.245 e. The molecular weight excluding hydrogens is 397 g/mol. The molecule has 0 spiro atoms. The van der Waals surface area contributed by atoms with Crippen LogP contribution in [0.5, 0.6) is 0 Å². The molecule has 2 aromatic heterocycles. The van der Waals surface area contributed by atoms with Crippen LogP contribution in [0.4, 0.5) is 4.39 Å². The minimum absolute atomic E-state index is 0.0872. The van der Waals surface area contributed by atoms with Gasteiger partial charge in [-0.15, -0.1) is 0 Å². The van der Waals surface area contributed by atoms with Gasteiger partial charge < -0.3 is 10.2 Å². The quantitative estimate of drug-likeness (QED) is 0.653. The molecule has 3 heterocycles. The molecule has 164 valence electrons. The van der Waals surface area contributed by atoms with E-state index in [-0.39, 0.29) is 11.7 Å². The Balaban J connectivity index is 0.000000210. The average Bonchev–Trinajstić information content (AvgIpc) is 3.09. The summed E-state index contributed by atoms with van der Waals surface area (Å²) in [5.74, 6) is -0.0113. The summed E-state index contributed by atoms with van der Waals surface area (Å²) in [5.41, 5.74) is 3.78. The number of halogens is 1. The largest absolute Gasteiger partial charge is 0.352 e. The second kappa shape index (κ2) is 8.83. The Bertz CT molecular complexity index is 1110. The first-order chi connectivity index (χ1) is 14.6. The lowest BCUT2D eigenvalue weighted by atomic mass is 10.0. The number of piperazine rings is 1. The average molecular weight is 426 g/mol. The molecule has 4 rings (SSSR count). The van der Waals surface area contributed by atoms with E-state index in [1.54, 1.807) is 24.4 Å². The summed E-state index contributed by atoms with van der Waals surface area (Å²) in [4.78, 5) is 27.7. The number of amides is 2. The Morgan fingerprint density at radius 3 is 2.61 bits per heavy atom. The van der Waals surface area contributed by atoms with E-state index >= 15 is 0 Å². The highest BCUT2D eigenvalue weighted by atomic mass is 19.1. The zero-order valence-corrected chi connectivity index (χ0v) is 18.5. The summed E-state index contributed by atoms with van der Waals surface area (Å²) in [7, 11) is 0. The van der Waals surface area contributed by atoms with Gasteiger partial charge in [0.25, 0.3) is 0 Å². The number of benzene rings is 1. The molecular formula is C23H28FN5O2. The first-order valence-electron chi connectivity index (χ1n) is 10.3. The fourth-order valence-corrected chi connectivity index (χ4v) is 3.43. The molecule has 0 saturated carbocycles. The lowest BCUT2D eigenvalue weighted by Crippen LogP contribution is -2.61. The number of nitrogens with one attached hydrogen (secondary N) is 1. The summed E-state index contributed by atoms with van der Waals surface area (Å²) < 4.78 is 15.2. The third-order valence-electron chi connectivity index (χ3n) is 5.36. The van der Waals surface area contributed by atoms with Gasteiger partial charge in [-0.05, 0) is 44.9 Å². The van der Waals surface area contributed by atoms with Crippen LogP contribution in [0.25, 0.3) is 16.9 Å². The Kier molecular flexibility index (Phi) is 6.38. The first kappa shape index (κ1) is 22.4. The molecule has 7 nitrogen and oxygen atoms in total. The maximum Gasteiger partial charge on any atom is 0.245 e. The van der Waals surface area contributed by atoms with Gasteiger partial charge in [0.1, 0.15) is 11.4 Å². The van der Waals surface area contributed by atoms with Crippen molar-refractivity contribution in [3.05, 3.63) is 53.6 Å². The van der Waals surface area contributed by atoms with Crippen molar-refractivity contribution < 1.29 is 14.0 Å². The zero-order chi connectivity index (χ0) is 22.8. The lowest BCUT2D eigenvalue weighted by molar-refractivity contribution is -0.141. The monoisotopic (exact) mass is 425 g/mol. The van der Waals surface area contributed by atoms with Gasteiger partial charge in [0.05, 0.1) is 17.6 Å². The molecule has 0 aliphatic carbocycles. The highest BCUT2D eigenvalue weighted by Crippen LogP contribution is 2.26. The van der Waals surface area contributed by atoms with Crippen molar-refractivity contribution in [2.45, 2.75) is 46.1 Å². The van der Waals surface area contributed by atoms with Gasteiger partial charge in [-0.1, -0.05) is 26.0 Å². The van der Waals surface area contributed by atoms with Crippen molar-refractivity contribution in [1.82, 2.24) is 24.8 Å². The van der Waals surface area contributed by atoms with E-state index in [4.69, 9.17) is 0 Å². The number of aryl methyl sites for hydroxylation is 1. The molecule has 3 aromatic rings. The van der Waals surface area contributed by atoms with Crippen molar-refractivity contribution in [3.63, 3.8) is 0 Å². The Labute approximate surface area is 181 Å². The van der Waals surface area contributed by atoms with Crippen LogP contribution in [0, 0.1) is 12.7 Å². The van der Waals surface area contributed by atoms with Crippen LogP contribution in [-0.2, 0) is 9.59 Å². The summed E-state index contributed by atoms with van der Waals surface area (Å²) >= 11 is 0. The first-order valence-corrected chi connectivity index (χ1v) is 10.3. The molecule has 0 bridgehead atoms. The van der Waals surface area contributed by atoms with Gasteiger partial charge >= 0.3 is 0 Å². The second-order valence-electron chi connectivity index (χ2n) is 8.41. The number of carbonyl (C=O) groups is 2. The van der Waals surface area contributed by atoms with E-state index in [0.717, 1.165) is 34.6 Å². The number of carbonyl (C=O) groups excluding carboxylic acids is 2. The van der Waals surface area contributed by atoms with Crippen molar-refractivity contribution in [3.8, 4) is 11.3 Å². The second-order valence-corrected chi connectivity index (χ2v) is 8.41. The topological polar surface area (TPSA) is 79.6 Å². The minimum atomic E-state index is -0.681. The standard InChI is InChI=1S/C16H16FN3.C7H12N2O2/c1-10(2)14-8-15(12-5-4-6-13(17)7-12)19-20-9-11(3)18-16(14)20;1-7(2)6(11)8-3-4-9(7)5-10/h4-10H,1-3H3;5H,3-4H2,1-2H3,(H,8,11). The summed E-state index contributed by atoms with van der Waals surface area (Å²) in [6.45, 7) is 10.8. The van der Waals surface area contributed by atoms with E-state index in [1.165, 1.54) is 17.0 Å². The van der Waals surface area contributed by atoms with Crippen LogP contribution in [0.3, 0.4) is 0 Å². The number of aromatic nitrogens is 3. The Morgan fingerprint density at radius 2 is 2.00 bits per heavy atom. The molecule has 1 aliphatic rings. The van der Waals surface area contributed by atoms with E-state index < -0.39 is 5.54 Å². The van der Waals surface area contributed by atoms with Gasteiger partial charge in [-0.3, -0.25) is 9.59 Å². The van der Waals surface area contributed by atoms with Crippen molar-refractivity contribution in [2.24, 2.45) is 0 Å². The predicted molar refractivity (Wildman–Crippen MR) is 117 cm³/mol. The molecule has 0 radical (unpaired) electrons. The van der Waals surface area contributed by atoms with Crippen LogP contribution < -0.4 is 5.32 Å². The molecule has 2 amide bonds. The maximum atomic E-state index is 13.4. The molecule has 0 atom stereocenters. The molecule has 8 heteroatoms. The summed E-state index contributed by atoms with van der Waals surface area (Å²) in [5, 5.41) is 7.24. The third-order valence-corrected chi connectivity index (χ3v) is 5.36. The van der Waals surface area contributed by atoms with E-state index in [2.05, 4.69) is 29.2 Å². The number of rotatable bonds is 3. The number of nitrogens with zero attached hydrogens (tertiary/aromatic N) is 4. The fraction of sp³-hybridized carbons (Fsp3) is 0.391. The highest BCUT2D eigenvalue weighted by molar-refractivity contribution is 5.88. The van der Waals surface area contributed by atoms with E-state index in [0.29, 0.717) is 19.0 Å². The van der Waals surface area contributed by atoms with Crippen LogP contribution in [0.2, 0.25) is 0 Å². The Morgan fingerprint density at radius 1 is 1.26 bits per heavy atom. The van der Waals surface area contributed by atoms with Gasteiger partial charge in [-0.2, -0.15) is 5.10 Å². The van der Waals surface area contributed by atoms with Gasteiger partial charge in [0.2, 0.25) is 12.3 Å². The molecule has 1 aromatic carbocycles. The van der Waals surface area contributed by atoms with Crippen LogP contribution in [-0.4, -0.2) is 50.4 Å². The van der Waals surface area contributed by atoms with E-state index in [1.807, 2.05) is 25.3 Å². The van der Waals surface area contributed by atoms with E-state index in [9.17, 15) is 14.0 Å². The molecule has 31 heavy (non-hydrogen) atoms. The zero-order valence-electron chi connectivity index (χ0n) is 18.5. The summed E-state index contributed by atoms with van der Waals surface area (Å²) in [6, 6.07) is 8.51. The lowest BCUT2D eigenvalue weighted by Gasteiger charge is -2.38. The van der Waals surface area contributed by atoms with Gasteiger partial charge in [0, 0.05) is 24.2 Å². The molecule has 1 fully saturated rings. The normalized spacial score (nSPS) is 15.5. The Hall–Kier alpha value is -3.29. The number of imidazole rings is 1. The number of hydrogen-bond donors (Lipinski definition) is 1. The molecule has 1 N–H and O–H groups in total. The van der Waals surface area contributed by atoms with Gasteiger partial charge in [0.15, 0.2) is 5.65 Å². The SMILES string of the molecule is CC1(C)C(=O)NCCN1C=O.Cc1cn2nc(-c3cccc(F)c3)cc(C(C)C)c2n1. The highest BCUT2D eigenvalue weighted by Gasteiger charge is 2.36. The van der Waals surface area contributed by atoms with Crippen LogP contribution in [0.15, 0.2) is 36.5 Å².